The van der Waals surface area contributed by atoms with Crippen molar-refractivity contribution in [1.82, 2.24) is 9.78 Å². The molecule has 0 aliphatic carbocycles. The van der Waals surface area contributed by atoms with Gasteiger partial charge in [-0.2, -0.15) is 10.4 Å². The van der Waals surface area contributed by atoms with Gasteiger partial charge in [-0.15, -0.1) is 0 Å². The van der Waals surface area contributed by atoms with Gasteiger partial charge in [-0.1, -0.05) is 12.1 Å². The second-order valence-corrected chi connectivity index (χ2v) is 7.45. The standard InChI is InChI=1S/C16H17FN4O3S/c1-11-3-2-4-14(15(11)17)25(22,23)20-16-12(9-18)10-19-21(16)13-5-7-24-8-6-13/h2-4,10,13,20H,5-8H2,1H3. The molecule has 0 bridgehead atoms. The van der Waals surface area contributed by atoms with Gasteiger partial charge in [0, 0.05) is 13.2 Å². The van der Waals surface area contributed by atoms with Crippen molar-refractivity contribution in [3.8, 4) is 6.07 Å². The number of rotatable bonds is 4. The molecule has 2 heterocycles. The number of nitrogens with zero attached hydrogens (tertiary/aromatic N) is 3. The van der Waals surface area contributed by atoms with E-state index in [4.69, 9.17) is 4.74 Å². The summed E-state index contributed by atoms with van der Waals surface area (Å²) in [4.78, 5) is -0.462. The van der Waals surface area contributed by atoms with Gasteiger partial charge in [0.1, 0.15) is 22.3 Å². The first-order valence-corrected chi connectivity index (χ1v) is 9.25. The molecule has 9 heteroatoms. The van der Waals surface area contributed by atoms with E-state index in [1.165, 1.54) is 36.0 Å². The number of nitriles is 1. The lowest BCUT2D eigenvalue weighted by Gasteiger charge is -2.24. The van der Waals surface area contributed by atoms with Crippen molar-refractivity contribution >= 4 is 15.8 Å². The van der Waals surface area contributed by atoms with E-state index >= 15 is 0 Å². The van der Waals surface area contributed by atoms with Crippen LogP contribution in [0.4, 0.5) is 10.2 Å². The van der Waals surface area contributed by atoms with Gasteiger partial charge in [0.15, 0.2) is 5.82 Å². The summed E-state index contributed by atoms with van der Waals surface area (Å²) in [6.07, 6.45) is 2.61. The quantitative estimate of drug-likeness (QED) is 0.898. The van der Waals surface area contributed by atoms with Gasteiger partial charge in [-0.25, -0.2) is 17.5 Å². The maximum atomic E-state index is 14.2. The highest BCUT2D eigenvalue weighted by atomic mass is 32.2. The first kappa shape index (κ1) is 17.4. The van der Waals surface area contributed by atoms with Crippen molar-refractivity contribution in [2.24, 2.45) is 0 Å². The molecule has 25 heavy (non-hydrogen) atoms. The lowest BCUT2D eigenvalue weighted by atomic mass is 10.1. The minimum absolute atomic E-state index is 0.0512. The summed E-state index contributed by atoms with van der Waals surface area (Å²) in [7, 11) is -4.20. The number of halogens is 1. The van der Waals surface area contributed by atoms with Crippen LogP contribution in [-0.4, -0.2) is 31.4 Å². The minimum atomic E-state index is -4.20. The third kappa shape index (κ3) is 3.36. The predicted molar refractivity (Wildman–Crippen MR) is 88.0 cm³/mol. The topological polar surface area (TPSA) is 97.0 Å². The summed E-state index contributed by atoms with van der Waals surface area (Å²) in [6.45, 7) is 2.55. The lowest BCUT2D eigenvalue weighted by molar-refractivity contribution is 0.0669. The molecule has 2 aromatic rings. The smallest absolute Gasteiger partial charge is 0.266 e. The first-order chi connectivity index (χ1) is 11.9. The van der Waals surface area contributed by atoms with E-state index in [1.54, 1.807) is 0 Å². The molecule has 1 aliphatic rings. The predicted octanol–water partition coefficient (Wildman–Crippen LogP) is 2.35. The monoisotopic (exact) mass is 364 g/mol. The van der Waals surface area contributed by atoms with Gasteiger partial charge in [-0.05, 0) is 31.4 Å². The Morgan fingerprint density at radius 1 is 1.40 bits per heavy atom. The van der Waals surface area contributed by atoms with E-state index in [-0.39, 0.29) is 23.0 Å². The van der Waals surface area contributed by atoms with Crippen LogP contribution in [0, 0.1) is 24.1 Å². The Morgan fingerprint density at radius 3 is 2.80 bits per heavy atom. The van der Waals surface area contributed by atoms with Crippen molar-refractivity contribution < 1.29 is 17.5 Å². The van der Waals surface area contributed by atoms with Crippen molar-refractivity contribution in [1.29, 1.82) is 5.26 Å². The van der Waals surface area contributed by atoms with E-state index in [0.29, 0.717) is 26.1 Å². The molecule has 0 saturated carbocycles. The number of nitrogens with one attached hydrogen (secondary N) is 1. The van der Waals surface area contributed by atoms with E-state index < -0.39 is 20.7 Å². The largest absolute Gasteiger partial charge is 0.381 e. The lowest BCUT2D eigenvalue weighted by Crippen LogP contribution is -2.24. The Labute approximate surface area is 145 Å². The summed E-state index contributed by atoms with van der Waals surface area (Å²) in [5, 5.41) is 13.4. The van der Waals surface area contributed by atoms with Crippen LogP contribution < -0.4 is 4.72 Å². The zero-order valence-corrected chi connectivity index (χ0v) is 14.4. The molecule has 7 nitrogen and oxygen atoms in total. The maximum Gasteiger partial charge on any atom is 0.266 e. The van der Waals surface area contributed by atoms with Gasteiger partial charge < -0.3 is 4.74 Å². The Morgan fingerprint density at radius 2 is 2.12 bits per heavy atom. The van der Waals surface area contributed by atoms with Crippen LogP contribution >= 0.6 is 0 Å². The molecule has 1 aromatic carbocycles. The molecule has 0 spiro atoms. The molecule has 1 N–H and O–H groups in total. The number of benzene rings is 1. The van der Waals surface area contributed by atoms with Crippen molar-refractivity contribution in [2.75, 3.05) is 17.9 Å². The van der Waals surface area contributed by atoms with E-state index in [9.17, 15) is 18.1 Å². The highest BCUT2D eigenvalue weighted by molar-refractivity contribution is 7.92. The summed E-state index contributed by atoms with van der Waals surface area (Å²) >= 11 is 0. The second-order valence-electron chi connectivity index (χ2n) is 5.80. The summed E-state index contributed by atoms with van der Waals surface area (Å²) in [6, 6.07) is 5.97. The molecule has 3 rings (SSSR count). The van der Waals surface area contributed by atoms with Gasteiger partial charge in [-0.3, -0.25) is 4.72 Å². The Bertz CT molecular complexity index is 927. The normalized spacial score (nSPS) is 15.7. The zero-order chi connectivity index (χ0) is 18.0. The third-order valence-corrected chi connectivity index (χ3v) is 5.49. The third-order valence-electron chi connectivity index (χ3n) is 4.13. The molecular formula is C16H17FN4O3S. The summed E-state index contributed by atoms with van der Waals surface area (Å²) in [5.41, 5.74) is 0.310. The number of hydrogen-bond donors (Lipinski definition) is 1. The molecule has 0 radical (unpaired) electrons. The van der Waals surface area contributed by atoms with Crippen molar-refractivity contribution in [3.05, 3.63) is 41.3 Å². The number of aromatic nitrogens is 2. The summed E-state index contributed by atoms with van der Waals surface area (Å²) in [5.74, 6) is -0.763. The van der Waals surface area contributed by atoms with Crippen LogP contribution in [-0.2, 0) is 14.8 Å². The number of sulfonamides is 1. The number of hydrogen-bond acceptors (Lipinski definition) is 5. The molecule has 1 aliphatic heterocycles. The maximum absolute atomic E-state index is 14.2. The van der Waals surface area contributed by atoms with Gasteiger partial charge >= 0.3 is 0 Å². The van der Waals surface area contributed by atoms with E-state index in [2.05, 4.69) is 9.82 Å². The van der Waals surface area contributed by atoms with E-state index in [0.717, 1.165) is 0 Å². The molecular weight excluding hydrogens is 347 g/mol. The number of anilines is 1. The Hall–Kier alpha value is -2.44. The van der Waals surface area contributed by atoms with Gasteiger partial charge in [0.25, 0.3) is 10.0 Å². The minimum Gasteiger partial charge on any atom is -0.381 e. The zero-order valence-electron chi connectivity index (χ0n) is 13.6. The van der Waals surface area contributed by atoms with Crippen LogP contribution in [0.25, 0.3) is 0 Å². The second kappa shape index (κ2) is 6.82. The molecule has 0 unspecified atom stereocenters. The highest BCUT2D eigenvalue weighted by Gasteiger charge is 2.27. The molecule has 1 saturated heterocycles. The van der Waals surface area contributed by atoms with Crippen molar-refractivity contribution in [2.45, 2.75) is 30.7 Å². The SMILES string of the molecule is Cc1cccc(S(=O)(=O)Nc2c(C#N)cnn2C2CCOCC2)c1F. The first-order valence-electron chi connectivity index (χ1n) is 7.77. The van der Waals surface area contributed by atoms with Crippen LogP contribution in [0.5, 0.6) is 0 Å². The fourth-order valence-electron chi connectivity index (χ4n) is 2.76. The van der Waals surface area contributed by atoms with Crippen LogP contribution in [0.15, 0.2) is 29.3 Å². The van der Waals surface area contributed by atoms with Gasteiger partial charge in [0.05, 0.1) is 12.2 Å². The molecule has 0 amide bonds. The number of aryl methyl sites for hydroxylation is 1. The molecule has 1 aromatic heterocycles. The van der Waals surface area contributed by atoms with Crippen LogP contribution in [0.3, 0.4) is 0 Å². The van der Waals surface area contributed by atoms with Crippen LogP contribution in [0.1, 0.15) is 30.0 Å². The summed E-state index contributed by atoms with van der Waals surface area (Å²) < 4.78 is 48.7. The van der Waals surface area contributed by atoms with Crippen LogP contribution in [0.2, 0.25) is 0 Å². The number of ether oxygens (including phenoxy) is 1. The molecule has 1 fully saturated rings. The van der Waals surface area contributed by atoms with E-state index in [1.807, 2.05) is 6.07 Å². The molecule has 132 valence electrons. The Kier molecular flexibility index (Phi) is 4.74. The van der Waals surface area contributed by atoms with Crippen molar-refractivity contribution in [3.63, 3.8) is 0 Å². The fraction of sp³-hybridized carbons (Fsp3) is 0.375. The Balaban J connectivity index is 2.00. The fourth-order valence-corrected chi connectivity index (χ4v) is 3.99. The highest BCUT2D eigenvalue weighted by Crippen LogP contribution is 2.29. The molecule has 0 atom stereocenters. The van der Waals surface area contributed by atoms with Gasteiger partial charge in [0.2, 0.25) is 0 Å². The average Bonchev–Trinajstić information content (AvgIpc) is 3.00. The average molecular weight is 364 g/mol.